The second-order valence-corrected chi connectivity index (χ2v) is 18.7. The lowest BCUT2D eigenvalue weighted by molar-refractivity contribution is -0.260. The van der Waals surface area contributed by atoms with E-state index in [1.165, 1.54) is 238 Å². The zero-order valence-corrected chi connectivity index (χ0v) is 40.4. The summed E-state index contributed by atoms with van der Waals surface area (Å²) in [5.41, 5.74) is 0. The van der Waals surface area contributed by atoms with E-state index in [0.717, 1.165) is 51.4 Å². The van der Waals surface area contributed by atoms with Crippen LogP contribution in [0.15, 0.2) is 0 Å². The molecule has 0 heterocycles. The van der Waals surface area contributed by atoms with Gasteiger partial charge in [-0.2, -0.15) is 0 Å². The third kappa shape index (κ3) is 44.5. The van der Waals surface area contributed by atoms with Crippen molar-refractivity contribution in [2.45, 2.75) is 323 Å². The summed E-state index contributed by atoms with van der Waals surface area (Å²) in [6, 6.07) is 0. The summed E-state index contributed by atoms with van der Waals surface area (Å²) in [5.74, 6) is -2.35. The van der Waals surface area contributed by atoms with Crippen molar-refractivity contribution in [3.8, 4) is 0 Å². The van der Waals surface area contributed by atoms with E-state index in [4.69, 9.17) is 9.78 Å². The number of hydrogen-bond donors (Lipinski definition) is 0. The van der Waals surface area contributed by atoms with E-state index < -0.39 is 17.7 Å². The molecule has 350 valence electrons. The van der Waals surface area contributed by atoms with Crippen LogP contribution in [0.4, 0.5) is 0 Å². The van der Waals surface area contributed by atoms with Crippen LogP contribution < -0.4 is 0 Å². The van der Waals surface area contributed by atoms with Gasteiger partial charge in [-0.05, 0) is 19.3 Å². The summed E-state index contributed by atoms with van der Waals surface area (Å²) in [4.78, 5) is 47.8. The van der Waals surface area contributed by atoms with E-state index >= 15 is 0 Å². The molecule has 0 fully saturated rings. The molecule has 0 saturated heterocycles. The number of unbranched alkanes of at least 4 members (excludes halogenated alkanes) is 41. The van der Waals surface area contributed by atoms with Gasteiger partial charge in [0.05, 0.1) is 5.92 Å². The van der Waals surface area contributed by atoms with Crippen molar-refractivity contribution < 1.29 is 24.2 Å². The monoisotopic (exact) mass is 833 g/mol. The normalized spacial score (nSPS) is 11.9. The number of rotatable bonds is 49. The summed E-state index contributed by atoms with van der Waals surface area (Å²) in [7, 11) is 0. The molecule has 0 radical (unpaired) electrons. The highest BCUT2D eigenvalue weighted by Gasteiger charge is 2.24. The Morgan fingerprint density at radius 3 is 0.763 bits per heavy atom. The molecule has 5 heteroatoms. The topological polar surface area (TPSA) is 69.7 Å². The Morgan fingerprint density at radius 1 is 0.288 bits per heavy atom. The highest BCUT2D eigenvalue weighted by Crippen LogP contribution is 2.22. The number of carbonyl (C=O) groups excluding carboxylic acids is 3. The zero-order chi connectivity index (χ0) is 43.0. The molecule has 0 amide bonds. The fraction of sp³-hybridized carbons (Fsp3) is 0.944. The largest absolute Gasteiger partial charge is 0.421 e. The smallest absolute Gasteiger partial charge is 0.287 e. The van der Waals surface area contributed by atoms with Crippen molar-refractivity contribution in [1.29, 1.82) is 0 Å². The first-order valence-corrected chi connectivity index (χ1v) is 27.0. The SMILES string of the molecule is CCCCCCCCCCCCCCCCCCC(CCCCCCCCCCCCCCCC)C(=O)OOC(=O)C(=O)CCCCCCCCCCCCCCCC. The Morgan fingerprint density at radius 2 is 0.508 bits per heavy atom. The lowest BCUT2D eigenvalue weighted by Gasteiger charge is -2.14. The lowest BCUT2D eigenvalue weighted by atomic mass is 9.94. The van der Waals surface area contributed by atoms with E-state index in [1.807, 2.05) is 0 Å². The second-order valence-electron chi connectivity index (χ2n) is 18.7. The summed E-state index contributed by atoms with van der Waals surface area (Å²) < 4.78 is 0. The first-order valence-electron chi connectivity index (χ1n) is 27.0. The molecule has 0 spiro atoms. The van der Waals surface area contributed by atoms with E-state index in [0.29, 0.717) is 6.42 Å². The molecule has 1 atom stereocenters. The standard InChI is InChI=1S/C54H104O5/c1-4-7-10-13-16-19-22-25-28-29-31-34-37-40-43-46-49-51(48-45-42-39-36-33-30-26-23-20-17-14-11-8-5-2)53(56)58-59-54(57)52(55)50-47-44-41-38-35-32-27-24-21-18-15-12-9-6-3/h51H,4-50H2,1-3H3. The molecule has 0 N–H and O–H groups in total. The van der Waals surface area contributed by atoms with Crippen LogP contribution in [0.5, 0.6) is 0 Å². The van der Waals surface area contributed by atoms with Gasteiger partial charge in [0.2, 0.25) is 5.78 Å². The van der Waals surface area contributed by atoms with Gasteiger partial charge in [0.15, 0.2) is 0 Å². The molecule has 0 aliphatic heterocycles. The van der Waals surface area contributed by atoms with Gasteiger partial charge in [-0.15, -0.1) is 0 Å². The van der Waals surface area contributed by atoms with Gasteiger partial charge in [-0.25, -0.2) is 19.4 Å². The van der Waals surface area contributed by atoms with Crippen molar-refractivity contribution >= 4 is 17.7 Å². The van der Waals surface area contributed by atoms with E-state index in [1.54, 1.807) is 0 Å². The molecule has 0 aliphatic rings. The van der Waals surface area contributed by atoms with Crippen LogP contribution in [0.1, 0.15) is 323 Å². The van der Waals surface area contributed by atoms with Gasteiger partial charge in [0.1, 0.15) is 0 Å². The third-order valence-corrected chi connectivity index (χ3v) is 12.8. The average Bonchev–Trinajstić information content (AvgIpc) is 3.24. The molecule has 0 aromatic rings. The van der Waals surface area contributed by atoms with Crippen molar-refractivity contribution in [2.75, 3.05) is 0 Å². The van der Waals surface area contributed by atoms with Crippen LogP contribution in [0, 0.1) is 5.92 Å². The van der Waals surface area contributed by atoms with Crippen LogP contribution in [-0.4, -0.2) is 17.7 Å². The van der Waals surface area contributed by atoms with E-state index in [9.17, 15) is 14.4 Å². The molecule has 0 bridgehead atoms. The number of ketones is 1. The van der Waals surface area contributed by atoms with E-state index in [2.05, 4.69) is 20.8 Å². The van der Waals surface area contributed by atoms with Gasteiger partial charge in [-0.1, -0.05) is 297 Å². The molecule has 5 nitrogen and oxygen atoms in total. The fourth-order valence-corrected chi connectivity index (χ4v) is 8.68. The van der Waals surface area contributed by atoms with Crippen LogP contribution in [0.2, 0.25) is 0 Å². The molecule has 0 aliphatic carbocycles. The predicted octanol–water partition coefficient (Wildman–Crippen LogP) is 18.6. The van der Waals surface area contributed by atoms with Gasteiger partial charge >= 0.3 is 11.9 Å². The Kier molecular flexibility index (Phi) is 48.1. The maximum Gasteiger partial charge on any atom is 0.421 e. The predicted molar refractivity (Wildman–Crippen MR) is 255 cm³/mol. The molecular formula is C54H104O5. The minimum atomic E-state index is -1.02. The van der Waals surface area contributed by atoms with Crippen molar-refractivity contribution in [3.05, 3.63) is 0 Å². The van der Waals surface area contributed by atoms with Crippen molar-refractivity contribution in [3.63, 3.8) is 0 Å². The quantitative estimate of drug-likeness (QED) is 0.0264. The Balaban J connectivity index is 4.28. The lowest BCUT2D eigenvalue weighted by Crippen LogP contribution is -2.24. The molecular weight excluding hydrogens is 729 g/mol. The summed E-state index contributed by atoms with van der Waals surface area (Å²) in [5, 5.41) is 0. The highest BCUT2D eigenvalue weighted by molar-refractivity contribution is 6.33. The maximum atomic E-state index is 13.1. The van der Waals surface area contributed by atoms with Gasteiger partial charge in [0, 0.05) is 6.42 Å². The van der Waals surface area contributed by atoms with Gasteiger partial charge in [-0.3, -0.25) is 4.79 Å². The van der Waals surface area contributed by atoms with Crippen LogP contribution >= 0.6 is 0 Å². The van der Waals surface area contributed by atoms with Crippen LogP contribution in [0.25, 0.3) is 0 Å². The van der Waals surface area contributed by atoms with Crippen LogP contribution in [-0.2, 0) is 24.2 Å². The van der Waals surface area contributed by atoms with E-state index in [-0.39, 0.29) is 12.3 Å². The first-order chi connectivity index (χ1) is 29.1. The van der Waals surface area contributed by atoms with Crippen molar-refractivity contribution in [1.82, 2.24) is 0 Å². The summed E-state index contributed by atoms with van der Waals surface area (Å²) in [6.07, 6.45) is 58.5. The minimum Gasteiger partial charge on any atom is -0.287 e. The van der Waals surface area contributed by atoms with Crippen LogP contribution in [0.3, 0.4) is 0 Å². The minimum absolute atomic E-state index is 0.163. The Bertz CT molecular complexity index is 871. The first kappa shape index (κ1) is 57.6. The molecule has 1 unspecified atom stereocenters. The molecule has 0 saturated carbocycles. The molecule has 0 rings (SSSR count). The fourth-order valence-electron chi connectivity index (χ4n) is 8.68. The molecule has 59 heavy (non-hydrogen) atoms. The summed E-state index contributed by atoms with van der Waals surface area (Å²) >= 11 is 0. The number of hydrogen-bond acceptors (Lipinski definition) is 5. The summed E-state index contributed by atoms with van der Waals surface area (Å²) in [6.45, 7) is 6.83. The highest BCUT2D eigenvalue weighted by atomic mass is 17.2. The molecule has 0 aromatic heterocycles. The maximum absolute atomic E-state index is 13.1. The second kappa shape index (κ2) is 49.3. The zero-order valence-electron chi connectivity index (χ0n) is 40.4. The third-order valence-electron chi connectivity index (χ3n) is 12.8. The van der Waals surface area contributed by atoms with Gasteiger partial charge in [0.25, 0.3) is 0 Å². The van der Waals surface area contributed by atoms with Crippen molar-refractivity contribution in [2.24, 2.45) is 5.92 Å². The number of Topliss-reactive ketones (excluding diaryl/α,β-unsaturated/α-hetero) is 1. The Hall–Kier alpha value is -1.39. The molecule has 0 aromatic carbocycles. The average molecular weight is 833 g/mol. The van der Waals surface area contributed by atoms with Gasteiger partial charge < -0.3 is 0 Å². The number of carbonyl (C=O) groups is 3. The Labute approximate surface area is 369 Å².